The average molecular weight is 281 g/mol. The SMILES string of the molecule is COC(=O)[C@H](Cc1ccc(CC(C)=O)cc1)N(C)P. The van der Waals surface area contributed by atoms with E-state index in [2.05, 4.69) is 9.39 Å². The van der Waals surface area contributed by atoms with E-state index in [1.54, 1.807) is 11.6 Å². The highest BCUT2D eigenvalue weighted by atomic mass is 31.0. The number of methoxy groups -OCH3 is 1. The lowest BCUT2D eigenvalue weighted by atomic mass is 10.0. The van der Waals surface area contributed by atoms with Crippen LogP contribution in [-0.4, -0.2) is 36.6 Å². The Hall–Kier alpha value is -1.25. The summed E-state index contributed by atoms with van der Waals surface area (Å²) < 4.78 is 6.54. The summed E-state index contributed by atoms with van der Waals surface area (Å²) in [5, 5.41) is 0. The van der Waals surface area contributed by atoms with Gasteiger partial charge in [0.15, 0.2) is 0 Å². The summed E-state index contributed by atoms with van der Waals surface area (Å²) in [7, 11) is 5.69. The van der Waals surface area contributed by atoms with Crippen molar-refractivity contribution in [3.05, 3.63) is 35.4 Å². The molecule has 19 heavy (non-hydrogen) atoms. The fourth-order valence-electron chi connectivity index (χ4n) is 1.83. The van der Waals surface area contributed by atoms with Crippen LogP contribution >= 0.6 is 9.39 Å². The molecule has 5 heteroatoms. The predicted molar refractivity (Wildman–Crippen MR) is 77.8 cm³/mol. The van der Waals surface area contributed by atoms with E-state index in [-0.39, 0.29) is 17.8 Å². The number of ketones is 1. The molecule has 0 radical (unpaired) electrons. The maximum Gasteiger partial charge on any atom is 0.323 e. The van der Waals surface area contributed by atoms with E-state index in [0.29, 0.717) is 12.8 Å². The first-order valence-corrected chi connectivity index (χ1v) is 6.58. The minimum atomic E-state index is -0.325. The predicted octanol–water partition coefficient (Wildman–Crippen LogP) is 1.62. The van der Waals surface area contributed by atoms with Crippen LogP contribution in [-0.2, 0) is 27.2 Å². The largest absolute Gasteiger partial charge is 0.468 e. The molecule has 1 aromatic rings. The molecule has 0 aromatic heterocycles. The summed E-state index contributed by atoms with van der Waals surface area (Å²) in [5.74, 6) is -0.116. The number of esters is 1. The van der Waals surface area contributed by atoms with Crippen molar-refractivity contribution < 1.29 is 14.3 Å². The second-order valence-corrected chi connectivity index (χ2v) is 5.42. The van der Waals surface area contributed by atoms with Crippen molar-refractivity contribution in [2.24, 2.45) is 0 Å². The summed E-state index contributed by atoms with van der Waals surface area (Å²) in [6.07, 6.45) is 1.03. The van der Waals surface area contributed by atoms with Gasteiger partial charge in [0.1, 0.15) is 11.8 Å². The molecule has 1 unspecified atom stereocenters. The van der Waals surface area contributed by atoms with Crippen LogP contribution < -0.4 is 0 Å². The average Bonchev–Trinajstić information content (AvgIpc) is 2.36. The Balaban J connectivity index is 2.75. The molecule has 0 saturated carbocycles. The Bertz CT molecular complexity index is 443. The Morgan fingerprint density at radius 3 is 2.21 bits per heavy atom. The third-order valence-corrected chi connectivity index (χ3v) is 3.23. The summed E-state index contributed by atoms with van der Waals surface area (Å²) in [4.78, 5) is 22.7. The molecule has 0 aliphatic heterocycles. The Morgan fingerprint density at radius 1 is 1.26 bits per heavy atom. The number of nitrogens with zero attached hydrogens (tertiary/aromatic N) is 1. The molecule has 0 saturated heterocycles. The monoisotopic (exact) mass is 281 g/mol. The molecular formula is C14H20NO3P. The molecule has 0 N–H and O–H groups in total. The molecule has 0 aliphatic rings. The molecule has 0 aliphatic carbocycles. The Labute approximate surface area is 116 Å². The van der Waals surface area contributed by atoms with E-state index in [1.165, 1.54) is 7.11 Å². The zero-order valence-electron chi connectivity index (χ0n) is 11.6. The zero-order valence-corrected chi connectivity index (χ0v) is 12.7. The van der Waals surface area contributed by atoms with E-state index in [1.807, 2.05) is 31.3 Å². The smallest absolute Gasteiger partial charge is 0.323 e. The number of Topliss-reactive ketones (excluding diaryl/α,β-unsaturated/α-hetero) is 1. The van der Waals surface area contributed by atoms with Crippen LogP contribution in [0, 0.1) is 0 Å². The summed E-state index contributed by atoms with van der Waals surface area (Å²) in [6.45, 7) is 1.57. The normalized spacial score (nSPS) is 12.3. The Kier molecular flexibility index (Phi) is 6.13. The van der Waals surface area contributed by atoms with Crippen LogP contribution in [0.15, 0.2) is 24.3 Å². The molecule has 4 nitrogen and oxygen atoms in total. The van der Waals surface area contributed by atoms with Gasteiger partial charge in [0.25, 0.3) is 0 Å². The standard InChI is InChI=1S/C14H20NO3P/c1-10(16)8-11-4-6-12(7-5-11)9-13(15(2)19)14(17)18-3/h4-7,13H,8-9,19H2,1-3H3/t13-/m0/s1. The number of carbonyl (C=O) groups is 2. The maximum atomic E-state index is 11.6. The molecule has 1 rings (SSSR count). The second-order valence-electron chi connectivity index (χ2n) is 4.60. The quantitative estimate of drug-likeness (QED) is 0.587. The van der Waals surface area contributed by atoms with Crippen molar-refractivity contribution in [2.45, 2.75) is 25.8 Å². The number of benzene rings is 1. The highest BCUT2D eigenvalue weighted by Gasteiger charge is 2.21. The lowest BCUT2D eigenvalue weighted by molar-refractivity contribution is -0.144. The molecule has 2 atom stereocenters. The lowest BCUT2D eigenvalue weighted by Gasteiger charge is -2.21. The molecule has 0 bridgehead atoms. The minimum Gasteiger partial charge on any atom is -0.468 e. The second kappa shape index (κ2) is 7.37. The molecular weight excluding hydrogens is 261 g/mol. The van der Waals surface area contributed by atoms with Crippen LogP contribution in [0.25, 0.3) is 0 Å². The third-order valence-electron chi connectivity index (χ3n) is 2.87. The molecule has 104 valence electrons. The first-order chi connectivity index (χ1) is 8.93. The van der Waals surface area contributed by atoms with Crippen molar-refractivity contribution in [3.63, 3.8) is 0 Å². The van der Waals surface area contributed by atoms with Gasteiger partial charge in [0, 0.05) is 6.42 Å². The summed E-state index contributed by atoms with van der Waals surface area (Å²) in [6, 6.07) is 7.42. The van der Waals surface area contributed by atoms with Gasteiger partial charge >= 0.3 is 5.97 Å². The van der Waals surface area contributed by atoms with Gasteiger partial charge in [-0.1, -0.05) is 33.7 Å². The van der Waals surface area contributed by atoms with Gasteiger partial charge in [0.05, 0.1) is 7.11 Å². The van der Waals surface area contributed by atoms with Crippen molar-refractivity contribution in [1.82, 2.24) is 4.67 Å². The van der Waals surface area contributed by atoms with E-state index in [4.69, 9.17) is 4.74 Å². The number of hydrogen-bond donors (Lipinski definition) is 0. The first-order valence-electron chi connectivity index (χ1n) is 6.06. The molecule has 1 aromatic carbocycles. The third kappa shape index (κ3) is 5.09. The van der Waals surface area contributed by atoms with Crippen LogP contribution in [0.3, 0.4) is 0 Å². The van der Waals surface area contributed by atoms with Gasteiger partial charge in [0.2, 0.25) is 0 Å². The molecule has 0 spiro atoms. The van der Waals surface area contributed by atoms with Crippen LogP contribution in [0.2, 0.25) is 0 Å². The minimum absolute atomic E-state index is 0.143. The number of carbonyl (C=O) groups excluding carboxylic acids is 2. The Morgan fingerprint density at radius 2 is 1.79 bits per heavy atom. The zero-order chi connectivity index (χ0) is 14.4. The number of rotatable bonds is 6. The van der Waals surface area contributed by atoms with E-state index in [0.717, 1.165) is 11.1 Å². The van der Waals surface area contributed by atoms with Crippen molar-refractivity contribution in [3.8, 4) is 0 Å². The first kappa shape index (κ1) is 15.8. The van der Waals surface area contributed by atoms with Crippen LogP contribution in [0.1, 0.15) is 18.1 Å². The number of hydrogen-bond acceptors (Lipinski definition) is 4. The summed E-state index contributed by atoms with van der Waals surface area (Å²) >= 11 is 0. The van der Waals surface area contributed by atoms with Crippen molar-refractivity contribution in [1.29, 1.82) is 0 Å². The van der Waals surface area contributed by atoms with Gasteiger partial charge in [-0.05, 0) is 31.5 Å². The fourth-order valence-corrected chi connectivity index (χ4v) is 2.06. The van der Waals surface area contributed by atoms with Crippen LogP contribution in [0.4, 0.5) is 0 Å². The van der Waals surface area contributed by atoms with Crippen molar-refractivity contribution >= 4 is 21.1 Å². The van der Waals surface area contributed by atoms with Gasteiger partial charge in [-0.2, -0.15) is 0 Å². The van der Waals surface area contributed by atoms with Gasteiger partial charge < -0.3 is 4.74 Å². The van der Waals surface area contributed by atoms with E-state index < -0.39 is 0 Å². The highest BCUT2D eigenvalue weighted by molar-refractivity contribution is 7.13. The van der Waals surface area contributed by atoms with E-state index in [9.17, 15) is 9.59 Å². The topological polar surface area (TPSA) is 46.6 Å². The summed E-state index contributed by atoms with van der Waals surface area (Å²) in [5.41, 5.74) is 2.03. The van der Waals surface area contributed by atoms with E-state index >= 15 is 0 Å². The molecule has 0 fully saturated rings. The van der Waals surface area contributed by atoms with Crippen LogP contribution in [0.5, 0.6) is 0 Å². The van der Waals surface area contributed by atoms with Crippen molar-refractivity contribution in [2.75, 3.05) is 14.2 Å². The van der Waals surface area contributed by atoms with Gasteiger partial charge in [-0.15, -0.1) is 0 Å². The molecule has 0 heterocycles. The van der Waals surface area contributed by atoms with Gasteiger partial charge in [-0.3, -0.25) is 14.3 Å². The highest BCUT2D eigenvalue weighted by Crippen LogP contribution is 2.14. The fraction of sp³-hybridized carbons (Fsp3) is 0.429. The van der Waals surface area contributed by atoms with Gasteiger partial charge in [-0.25, -0.2) is 0 Å². The number of ether oxygens (including phenoxy) is 1. The maximum absolute atomic E-state index is 11.6. The number of likely N-dealkylation sites (N-methyl/N-ethyl adjacent to an activating group) is 1. The molecule has 0 amide bonds. The lowest BCUT2D eigenvalue weighted by Crippen LogP contribution is -2.35.